The van der Waals surface area contributed by atoms with Gasteiger partial charge in [0.25, 0.3) is 0 Å². The van der Waals surface area contributed by atoms with Crippen LogP contribution in [-0.2, 0) is 31.3 Å². The van der Waals surface area contributed by atoms with Gasteiger partial charge in [-0.3, -0.25) is 9.10 Å². The Morgan fingerprint density at radius 2 is 1.75 bits per heavy atom. The molecule has 1 amide bonds. The molecule has 0 N–H and O–H groups in total. The molecular weight excluding hydrogens is 458 g/mol. The molecule has 0 fully saturated rings. The van der Waals surface area contributed by atoms with E-state index in [-0.39, 0.29) is 17.4 Å². The van der Waals surface area contributed by atoms with Gasteiger partial charge in [0.15, 0.2) is 11.5 Å². The third-order valence-corrected chi connectivity index (χ3v) is 8.30. The largest absolute Gasteiger partial charge is 0.454 e. The van der Waals surface area contributed by atoms with Crippen molar-refractivity contribution in [1.82, 2.24) is 4.31 Å². The molecule has 10 nitrogen and oxygen atoms in total. The van der Waals surface area contributed by atoms with Crippen LogP contribution in [0.1, 0.15) is 5.56 Å². The molecule has 0 atom stereocenters. The average molecular weight is 482 g/mol. The third kappa shape index (κ3) is 4.00. The van der Waals surface area contributed by atoms with Crippen molar-refractivity contribution in [2.75, 3.05) is 49.4 Å². The third-order valence-electron chi connectivity index (χ3n) is 5.35. The first-order valence-electron chi connectivity index (χ1n) is 9.71. The van der Waals surface area contributed by atoms with Crippen molar-refractivity contribution in [1.29, 1.82) is 0 Å². The fourth-order valence-corrected chi connectivity index (χ4v) is 5.45. The van der Waals surface area contributed by atoms with Gasteiger partial charge in [-0.15, -0.1) is 0 Å². The van der Waals surface area contributed by atoms with Gasteiger partial charge in [0.05, 0.1) is 16.8 Å². The van der Waals surface area contributed by atoms with Gasteiger partial charge in [0.1, 0.15) is 6.54 Å². The van der Waals surface area contributed by atoms with Crippen molar-refractivity contribution in [3.8, 4) is 11.5 Å². The van der Waals surface area contributed by atoms with E-state index in [0.717, 1.165) is 20.4 Å². The standard InChI is InChI=1S/C20H23N3O7S2/c1-21(2)32(27,28)16-5-6-17-14(10-16)8-9-22(17)20(24)12-23(31(3,25)26)15-4-7-18-19(11-15)30-13-29-18/h4-7,10-11H,8-9,12-13H2,1-3H3. The first-order chi connectivity index (χ1) is 15.0. The highest BCUT2D eigenvalue weighted by Gasteiger charge is 2.31. The topological polar surface area (TPSA) is 114 Å². The van der Waals surface area contributed by atoms with Crippen molar-refractivity contribution < 1.29 is 31.1 Å². The van der Waals surface area contributed by atoms with Crippen molar-refractivity contribution in [3.63, 3.8) is 0 Å². The summed E-state index contributed by atoms with van der Waals surface area (Å²) in [7, 11) is -4.46. The lowest BCUT2D eigenvalue weighted by Gasteiger charge is -2.25. The molecule has 2 aromatic carbocycles. The monoisotopic (exact) mass is 481 g/mol. The number of carbonyl (C=O) groups is 1. The second-order valence-corrected chi connectivity index (χ2v) is 11.7. The Morgan fingerprint density at radius 3 is 2.44 bits per heavy atom. The fraction of sp³-hybridized carbons (Fsp3) is 0.350. The van der Waals surface area contributed by atoms with E-state index >= 15 is 0 Å². The SMILES string of the molecule is CN(C)S(=O)(=O)c1ccc2c(c1)CCN2C(=O)CN(c1ccc2c(c1)OCO2)S(C)(=O)=O. The minimum absolute atomic E-state index is 0.0483. The Bertz CT molecular complexity index is 1290. The van der Waals surface area contributed by atoms with E-state index in [1.54, 1.807) is 24.3 Å². The normalized spacial score (nSPS) is 15.2. The number of fused-ring (bicyclic) bond motifs is 2. The molecule has 0 unspecified atom stereocenters. The predicted molar refractivity (Wildman–Crippen MR) is 118 cm³/mol. The Kier molecular flexibility index (Phi) is 5.55. The van der Waals surface area contributed by atoms with E-state index < -0.39 is 32.5 Å². The number of hydrogen-bond donors (Lipinski definition) is 0. The number of sulfonamides is 2. The van der Waals surface area contributed by atoms with Gasteiger partial charge in [0, 0.05) is 32.4 Å². The number of rotatable bonds is 6. The minimum Gasteiger partial charge on any atom is -0.454 e. The highest BCUT2D eigenvalue weighted by Crippen LogP contribution is 2.36. The maximum atomic E-state index is 13.1. The summed E-state index contributed by atoms with van der Waals surface area (Å²) >= 11 is 0. The van der Waals surface area contributed by atoms with E-state index in [9.17, 15) is 21.6 Å². The van der Waals surface area contributed by atoms with Crippen LogP contribution < -0.4 is 18.7 Å². The smallest absolute Gasteiger partial charge is 0.247 e. The molecule has 0 aromatic heterocycles. The lowest BCUT2D eigenvalue weighted by molar-refractivity contribution is -0.117. The summed E-state index contributed by atoms with van der Waals surface area (Å²) in [5, 5.41) is 0. The molecular formula is C20H23N3O7S2. The highest BCUT2D eigenvalue weighted by molar-refractivity contribution is 7.92. The van der Waals surface area contributed by atoms with Crippen LogP contribution in [0.25, 0.3) is 0 Å². The summed E-state index contributed by atoms with van der Waals surface area (Å²) in [4.78, 5) is 14.7. The fourth-order valence-electron chi connectivity index (χ4n) is 3.66. The lowest BCUT2D eigenvalue weighted by atomic mass is 10.2. The first-order valence-corrected chi connectivity index (χ1v) is 13.0. The Morgan fingerprint density at radius 1 is 1.03 bits per heavy atom. The van der Waals surface area contributed by atoms with Crippen molar-refractivity contribution in [2.45, 2.75) is 11.3 Å². The Balaban J connectivity index is 1.60. The number of benzene rings is 2. The summed E-state index contributed by atoms with van der Waals surface area (Å²) in [5.41, 5.74) is 1.58. The van der Waals surface area contributed by atoms with Crippen LogP contribution in [0.5, 0.6) is 11.5 Å². The van der Waals surface area contributed by atoms with E-state index in [1.807, 2.05) is 0 Å². The molecule has 0 spiro atoms. The first kappa shape index (κ1) is 22.4. The number of hydrogen-bond acceptors (Lipinski definition) is 7. The highest BCUT2D eigenvalue weighted by atomic mass is 32.2. The summed E-state index contributed by atoms with van der Waals surface area (Å²) in [6.45, 7) is -0.0271. The molecule has 0 saturated heterocycles. The van der Waals surface area contributed by atoms with Crippen LogP contribution in [-0.4, -0.2) is 67.3 Å². The molecule has 0 bridgehead atoms. The predicted octanol–water partition coefficient (Wildman–Crippen LogP) is 1.02. The van der Waals surface area contributed by atoms with Gasteiger partial charge in [-0.05, 0) is 42.3 Å². The second-order valence-electron chi connectivity index (χ2n) is 7.68. The molecule has 2 heterocycles. The second kappa shape index (κ2) is 7.94. The molecule has 2 aromatic rings. The lowest BCUT2D eigenvalue weighted by Crippen LogP contribution is -2.42. The molecule has 12 heteroatoms. The van der Waals surface area contributed by atoms with Crippen molar-refractivity contribution >= 4 is 37.3 Å². The number of nitrogens with zero attached hydrogens (tertiary/aromatic N) is 3. The zero-order valence-electron chi connectivity index (χ0n) is 17.8. The molecule has 172 valence electrons. The molecule has 2 aliphatic rings. The summed E-state index contributed by atoms with van der Waals surface area (Å²) in [5.74, 6) is 0.491. The minimum atomic E-state index is -3.77. The maximum Gasteiger partial charge on any atom is 0.247 e. The average Bonchev–Trinajstić information content (AvgIpc) is 3.36. The van der Waals surface area contributed by atoms with E-state index in [0.29, 0.717) is 30.2 Å². The van der Waals surface area contributed by atoms with Crippen LogP contribution in [0.15, 0.2) is 41.3 Å². The van der Waals surface area contributed by atoms with Crippen molar-refractivity contribution in [2.24, 2.45) is 0 Å². The van der Waals surface area contributed by atoms with E-state index in [4.69, 9.17) is 9.47 Å². The zero-order chi connectivity index (χ0) is 23.3. The van der Waals surface area contributed by atoms with Crippen LogP contribution in [0.3, 0.4) is 0 Å². The van der Waals surface area contributed by atoms with Gasteiger partial charge in [-0.2, -0.15) is 0 Å². The van der Waals surface area contributed by atoms with Crippen molar-refractivity contribution in [3.05, 3.63) is 42.0 Å². The van der Waals surface area contributed by atoms with Gasteiger partial charge in [-0.25, -0.2) is 21.1 Å². The summed E-state index contributed by atoms with van der Waals surface area (Å²) < 4.78 is 62.4. The van der Waals surface area contributed by atoms with Gasteiger partial charge in [0.2, 0.25) is 32.7 Å². The molecule has 2 aliphatic heterocycles. The Hall–Kier alpha value is -2.83. The van der Waals surface area contributed by atoms with Crippen LogP contribution in [0.2, 0.25) is 0 Å². The van der Waals surface area contributed by atoms with E-state index in [2.05, 4.69) is 0 Å². The molecule has 0 radical (unpaired) electrons. The summed E-state index contributed by atoms with van der Waals surface area (Å²) in [6, 6.07) is 9.27. The summed E-state index contributed by atoms with van der Waals surface area (Å²) in [6.07, 6.45) is 1.50. The quantitative estimate of drug-likeness (QED) is 0.605. The van der Waals surface area contributed by atoms with Crippen LogP contribution >= 0.6 is 0 Å². The molecule has 0 saturated carbocycles. The Labute approximate surface area is 187 Å². The van der Waals surface area contributed by atoms with Gasteiger partial charge in [-0.1, -0.05) is 0 Å². The van der Waals surface area contributed by atoms with Gasteiger partial charge >= 0.3 is 0 Å². The number of amides is 1. The molecule has 4 rings (SSSR count). The maximum absolute atomic E-state index is 13.1. The van der Waals surface area contributed by atoms with Gasteiger partial charge < -0.3 is 14.4 Å². The molecule has 32 heavy (non-hydrogen) atoms. The zero-order valence-corrected chi connectivity index (χ0v) is 19.4. The number of ether oxygens (including phenoxy) is 2. The number of carbonyl (C=O) groups excluding carboxylic acids is 1. The number of anilines is 2. The van der Waals surface area contributed by atoms with Crippen LogP contribution in [0, 0.1) is 0 Å². The molecule has 0 aliphatic carbocycles. The van der Waals surface area contributed by atoms with Crippen LogP contribution in [0.4, 0.5) is 11.4 Å². The van der Waals surface area contributed by atoms with E-state index in [1.165, 1.54) is 31.1 Å².